The van der Waals surface area contributed by atoms with Crippen molar-refractivity contribution in [1.82, 2.24) is 4.90 Å². The van der Waals surface area contributed by atoms with Crippen LogP contribution >= 0.6 is 0 Å². The number of unbranched alkanes of at least 4 members (excludes halogenated alkanes) is 2. The molecule has 14 heavy (non-hydrogen) atoms. The maximum absolute atomic E-state index is 9.70. The molecule has 0 saturated carbocycles. The Bertz CT molecular complexity index is 103. The van der Waals surface area contributed by atoms with Crippen molar-refractivity contribution in [3.05, 3.63) is 0 Å². The van der Waals surface area contributed by atoms with Gasteiger partial charge in [0.2, 0.25) is 0 Å². The molecule has 82 valence electrons. The van der Waals surface area contributed by atoms with Crippen molar-refractivity contribution in [3.63, 3.8) is 0 Å². The van der Waals surface area contributed by atoms with E-state index in [1.807, 2.05) is 6.92 Å². The van der Waals surface area contributed by atoms with Crippen LogP contribution < -0.4 is 0 Å². The summed E-state index contributed by atoms with van der Waals surface area (Å²) in [5, 5.41) is 9.70. The zero-order chi connectivity index (χ0) is 10.1. The summed E-state index contributed by atoms with van der Waals surface area (Å²) in [5.74, 6) is 0. The van der Waals surface area contributed by atoms with Crippen molar-refractivity contribution < 1.29 is 5.11 Å². The van der Waals surface area contributed by atoms with Gasteiger partial charge in [0.25, 0.3) is 0 Å². The molecule has 0 bridgehead atoms. The Kier molecular flexibility index (Phi) is 16.2. The second kappa shape index (κ2) is 12.6. The predicted octanol–water partition coefficient (Wildman–Crippen LogP) is 1.97. The molecule has 2 nitrogen and oxygen atoms in total. The number of nitrogens with zero attached hydrogens (tertiary/aromatic N) is 1. The van der Waals surface area contributed by atoms with Gasteiger partial charge in [0.05, 0.1) is 0 Å². The predicted molar refractivity (Wildman–Crippen MR) is 64.8 cm³/mol. The van der Waals surface area contributed by atoms with Crippen LogP contribution in [0.15, 0.2) is 0 Å². The van der Waals surface area contributed by atoms with Gasteiger partial charge in [-0.15, -0.1) is 0 Å². The summed E-state index contributed by atoms with van der Waals surface area (Å²) in [6.07, 6.45) is 5.42. The van der Waals surface area contributed by atoms with Crippen LogP contribution in [0.25, 0.3) is 0 Å². The van der Waals surface area contributed by atoms with Crippen LogP contribution in [-0.2, 0) is 0 Å². The Labute approximate surface area is 132 Å². The van der Waals surface area contributed by atoms with Gasteiger partial charge < -0.3 is 5.11 Å². The van der Waals surface area contributed by atoms with E-state index in [4.69, 9.17) is 0 Å². The van der Waals surface area contributed by atoms with E-state index in [0.717, 1.165) is 19.5 Å². The summed E-state index contributed by atoms with van der Waals surface area (Å²) < 4.78 is 0. The minimum atomic E-state index is -0.224. The monoisotopic (exact) mass is 227 g/mol. The zero-order valence-electron chi connectivity index (χ0n) is 9.42. The fourth-order valence-electron chi connectivity index (χ4n) is 1.39. The molecule has 1 N–H and O–H groups in total. The molecular formula is C11H26KNO. The van der Waals surface area contributed by atoms with Gasteiger partial charge in [-0.25, -0.2) is 0 Å². The molecule has 0 rings (SSSR count). The van der Waals surface area contributed by atoms with Gasteiger partial charge in [0.1, 0.15) is 6.23 Å². The first-order valence-corrected chi connectivity index (χ1v) is 5.68. The summed E-state index contributed by atoms with van der Waals surface area (Å²) in [5.41, 5.74) is 0. The molecule has 3 heteroatoms. The summed E-state index contributed by atoms with van der Waals surface area (Å²) >= 11 is 0. The van der Waals surface area contributed by atoms with E-state index in [2.05, 4.69) is 18.7 Å². The third-order valence-corrected chi connectivity index (χ3v) is 2.38. The van der Waals surface area contributed by atoms with E-state index in [9.17, 15) is 5.11 Å². The van der Waals surface area contributed by atoms with Gasteiger partial charge in [-0.05, 0) is 19.3 Å². The molecule has 0 heterocycles. The molecule has 0 aromatic heterocycles. The van der Waals surface area contributed by atoms with Crippen molar-refractivity contribution in [2.45, 2.75) is 59.1 Å². The van der Waals surface area contributed by atoms with Crippen LogP contribution in [0.1, 0.15) is 52.9 Å². The zero-order valence-corrected chi connectivity index (χ0v) is 9.42. The van der Waals surface area contributed by atoms with Crippen LogP contribution in [0.2, 0.25) is 0 Å². The molecule has 0 aromatic carbocycles. The second-order valence-corrected chi connectivity index (χ2v) is 3.63. The first-order chi connectivity index (χ1) is 6.26. The third kappa shape index (κ3) is 8.83. The molecule has 0 spiro atoms. The SMILES string of the molecule is CCCCN(CCCC)C(O)CC.[KH]. The van der Waals surface area contributed by atoms with Gasteiger partial charge in [0, 0.05) is 13.1 Å². The Morgan fingerprint density at radius 1 is 1.00 bits per heavy atom. The van der Waals surface area contributed by atoms with E-state index in [0.29, 0.717) is 0 Å². The van der Waals surface area contributed by atoms with Gasteiger partial charge in [0.15, 0.2) is 0 Å². The average Bonchev–Trinajstić information content (AvgIpc) is 2.17. The van der Waals surface area contributed by atoms with E-state index < -0.39 is 0 Å². The van der Waals surface area contributed by atoms with E-state index >= 15 is 0 Å². The Morgan fingerprint density at radius 2 is 1.43 bits per heavy atom. The number of hydrogen-bond donors (Lipinski definition) is 1. The third-order valence-electron chi connectivity index (χ3n) is 2.38. The number of rotatable bonds is 8. The van der Waals surface area contributed by atoms with E-state index in [1.54, 1.807) is 0 Å². The second-order valence-electron chi connectivity index (χ2n) is 3.63. The van der Waals surface area contributed by atoms with Crippen molar-refractivity contribution in [2.75, 3.05) is 13.1 Å². The number of aliphatic hydroxyl groups is 1. The summed E-state index contributed by atoms with van der Waals surface area (Å²) in [4.78, 5) is 2.20. The minimum absolute atomic E-state index is 0. The molecule has 1 unspecified atom stereocenters. The van der Waals surface area contributed by atoms with Crippen molar-refractivity contribution >= 4 is 51.4 Å². The van der Waals surface area contributed by atoms with Gasteiger partial charge >= 0.3 is 51.4 Å². The topological polar surface area (TPSA) is 23.5 Å². The molecule has 0 amide bonds. The van der Waals surface area contributed by atoms with Crippen molar-refractivity contribution in [3.8, 4) is 0 Å². The molecule has 1 atom stereocenters. The Balaban J connectivity index is 0. The molecule has 0 radical (unpaired) electrons. The first kappa shape index (κ1) is 17.9. The Hall–Kier alpha value is 1.56. The maximum atomic E-state index is 9.70. The van der Waals surface area contributed by atoms with Crippen LogP contribution in [-0.4, -0.2) is 80.7 Å². The quantitative estimate of drug-likeness (QED) is 0.506. The van der Waals surface area contributed by atoms with Crippen molar-refractivity contribution in [1.29, 1.82) is 0 Å². The van der Waals surface area contributed by atoms with E-state index in [1.165, 1.54) is 25.7 Å². The van der Waals surface area contributed by atoms with Gasteiger partial charge in [-0.3, -0.25) is 4.90 Å². The molecule has 0 aliphatic carbocycles. The molecular weight excluding hydrogens is 201 g/mol. The van der Waals surface area contributed by atoms with Crippen LogP contribution in [0.5, 0.6) is 0 Å². The van der Waals surface area contributed by atoms with Gasteiger partial charge in [-0.1, -0.05) is 33.6 Å². The molecule has 0 fully saturated rings. The normalized spacial score (nSPS) is 12.6. The average molecular weight is 227 g/mol. The standard InChI is InChI=1S/C11H25NO.K.H/c1-4-7-9-12(10-8-5-2)11(13)6-3;;/h11,13H,4-10H2,1-3H3;;. The van der Waals surface area contributed by atoms with Gasteiger partial charge in [-0.2, -0.15) is 0 Å². The molecule has 0 saturated heterocycles. The number of hydrogen-bond acceptors (Lipinski definition) is 2. The molecule has 0 aromatic rings. The summed E-state index contributed by atoms with van der Waals surface area (Å²) in [6, 6.07) is 0. The van der Waals surface area contributed by atoms with Crippen LogP contribution in [0, 0.1) is 0 Å². The molecule has 0 aliphatic heterocycles. The van der Waals surface area contributed by atoms with Crippen LogP contribution in [0.4, 0.5) is 0 Å². The first-order valence-electron chi connectivity index (χ1n) is 5.68. The van der Waals surface area contributed by atoms with E-state index in [-0.39, 0.29) is 57.6 Å². The fraction of sp³-hybridized carbons (Fsp3) is 1.00. The number of aliphatic hydroxyl groups excluding tert-OH is 1. The summed E-state index contributed by atoms with van der Waals surface area (Å²) in [6.45, 7) is 8.51. The van der Waals surface area contributed by atoms with Crippen molar-refractivity contribution in [2.24, 2.45) is 0 Å². The Morgan fingerprint density at radius 3 is 1.71 bits per heavy atom. The molecule has 0 aliphatic rings. The van der Waals surface area contributed by atoms with Crippen LogP contribution in [0.3, 0.4) is 0 Å². The fourth-order valence-corrected chi connectivity index (χ4v) is 1.39. The summed E-state index contributed by atoms with van der Waals surface area (Å²) in [7, 11) is 0.